The van der Waals surface area contributed by atoms with E-state index in [0.717, 1.165) is 23.9 Å². The predicted molar refractivity (Wildman–Crippen MR) is 45.8 cm³/mol. The summed E-state index contributed by atoms with van der Waals surface area (Å²) in [6, 6.07) is 3.85. The third kappa shape index (κ3) is 1.99. The highest BCUT2D eigenvalue weighted by molar-refractivity contribution is 7.80. The van der Waals surface area contributed by atoms with E-state index in [9.17, 15) is 0 Å². The summed E-state index contributed by atoms with van der Waals surface area (Å²) in [4.78, 5) is 0. The van der Waals surface area contributed by atoms with Crippen LogP contribution in [-0.4, -0.2) is 12.3 Å². The first-order valence-corrected chi connectivity index (χ1v) is 3.87. The monoisotopic (exact) mass is 157 g/mol. The van der Waals surface area contributed by atoms with Crippen LogP contribution in [0.4, 0.5) is 5.88 Å². The van der Waals surface area contributed by atoms with Crippen LogP contribution >= 0.6 is 12.6 Å². The molecule has 56 valence electrons. The number of rotatable bonds is 3. The number of aryl methyl sites for hydroxylation is 1. The maximum atomic E-state index is 5.24. The summed E-state index contributed by atoms with van der Waals surface area (Å²) in [5, 5.41) is 3.07. The van der Waals surface area contributed by atoms with Crippen molar-refractivity contribution in [3.8, 4) is 0 Å². The zero-order valence-electron chi connectivity index (χ0n) is 5.92. The van der Waals surface area contributed by atoms with Crippen LogP contribution in [-0.2, 0) is 0 Å². The Bertz CT molecular complexity index is 197. The van der Waals surface area contributed by atoms with Crippen molar-refractivity contribution in [1.82, 2.24) is 0 Å². The smallest absolute Gasteiger partial charge is 0.193 e. The van der Waals surface area contributed by atoms with E-state index in [1.165, 1.54) is 0 Å². The molecule has 1 rings (SSSR count). The van der Waals surface area contributed by atoms with Gasteiger partial charge in [-0.1, -0.05) is 0 Å². The van der Waals surface area contributed by atoms with E-state index in [0.29, 0.717) is 0 Å². The van der Waals surface area contributed by atoms with E-state index in [4.69, 9.17) is 4.42 Å². The molecule has 2 nitrogen and oxygen atoms in total. The molecule has 0 aliphatic heterocycles. The number of thiol groups is 1. The third-order valence-electron chi connectivity index (χ3n) is 1.15. The van der Waals surface area contributed by atoms with E-state index in [2.05, 4.69) is 17.9 Å². The molecule has 0 radical (unpaired) electrons. The summed E-state index contributed by atoms with van der Waals surface area (Å²) in [7, 11) is 0. The van der Waals surface area contributed by atoms with E-state index in [-0.39, 0.29) is 0 Å². The van der Waals surface area contributed by atoms with Gasteiger partial charge in [0.25, 0.3) is 0 Å². The average molecular weight is 157 g/mol. The fourth-order valence-corrected chi connectivity index (χ4v) is 0.820. The first-order chi connectivity index (χ1) is 4.83. The standard InChI is InChI=1S/C7H11NOS/c1-6-2-3-7(9-6)8-4-5-10/h2-3,8,10H,4-5H2,1H3. The Hall–Kier alpha value is -0.570. The Kier molecular flexibility index (Phi) is 2.68. The average Bonchev–Trinajstić information content (AvgIpc) is 2.31. The number of nitrogens with one attached hydrogen (secondary N) is 1. The van der Waals surface area contributed by atoms with Crippen molar-refractivity contribution in [2.24, 2.45) is 0 Å². The van der Waals surface area contributed by atoms with Gasteiger partial charge in [0.1, 0.15) is 5.76 Å². The molecule has 0 atom stereocenters. The van der Waals surface area contributed by atoms with Crippen molar-refractivity contribution < 1.29 is 4.42 Å². The molecule has 0 amide bonds. The van der Waals surface area contributed by atoms with E-state index in [1.807, 2.05) is 19.1 Å². The fourth-order valence-electron chi connectivity index (χ4n) is 0.709. The lowest BCUT2D eigenvalue weighted by Gasteiger charge is -1.96. The topological polar surface area (TPSA) is 25.2 Å². The van der Waals surface area contributed by atoms with Gasteiger partial charge in [-0.05, 0) is 13.0 Å². The van der Waals surface area contributed by atoms with Crippen molar-refractivity contribution in [2.45, 2.75) is 6.92 Å². The predicted octanol–water partition coefficient (Wildman–Crippen LogP) is 1.93. The summed E-state index contributed by atoms with van der Waals surface area (Å²) in [5.74, 6) is 2.58. The van der Waals surface area contributed by atoms with Crippen molar-refractivity contribution >= 4 is 18.5 Å². The number of furan rings is 1. The van der Waals surface area contributed by atoms with E-state index in [1.54, 1.807) is 0 Å². The quantitative estimate of drug-likeness (QED) is 0.655. The lowest BCUT2D eigenvalue weighted by Crippen LogP contribution is -2.00. The molecule has 0 spiro atoms. The van der Waals surface area contributed by atoms with Crippen molar-refractivity contribution in [2.75, 3.05) is 17.6 Å². The molecule has 0 aromatic carbocycles. The summed E-state index contributed by atoms with van der Waals surface area (Å²) >= 11 is 4.05. The molecule has 3 heteroatoms. The van der Waals surface area contributed by atoms with Crippen molar-refractivity contribution in [1.29, 1.82) is 0 Å². The Balaban J connectivity index is 2.42. The van der Waals surface area contributed by atoms with Crippen LogP contribution in [0.1, 0.15) is 5.76 Å². The van der Waals surface area contributed by atoms with Gasteiger partial charge in [0.2, 0.25) is 0 Å². The Morgan fingerprint density at radius 3 is 2.90 bits per heavy atom. The molecule has 0 saturated heterocycles. The number of anilines is 1. The van der Waals surface area contributed by atoms with Gasteiger partial charge in [0, 0.05) is 18.4 Å². The van der Waals surface area contributed by atoms with Crippen LogP contribution < -0.4 is 5.32 Å². The first-order valence-electron chi connectivity index (χ1n) is 3.24. The van der Waals surface area contributed by atoms with Gasteiger partial charge in [-0.25, -0.2) is 0 Å². The largest absolute Gasteiger partial charge is 0.446 e. The fraction of sp³-hybridized carbons (Fsp3) is 0.429. The third-order valence-corrected chi connectivity index (χ3v) is 1.38. The zero-order chi connectivity index (χ0) is 7.40. The molecule has 0 bridgehead atoms. The van der Waals surface area contributed by atoms with Gasteiger partial charge < -0.3 is 9.73 Å². The summed E-state index contributed by atoms with van der Waals surface area (Å²) < 4.78 is 5.24. The van der Waals surface area contributed by atoms with Crippen LogP contribution in [0.15, 0.2) is 16.5 Å². The second-order valence-corrected chi connectivity index (χ2v) is 2.51. The lowest BCUT2D eigenvalue weighted by molar-refractivity contribution is 0.547. The normalized spacial score (nSPS) is 9.80. The van der Waals surface area contributed by atoms with Gasteiger partial charge in [0.15, 0.2) is 5.88 Å². The van der Waals surface area contributed by atoms with Gasteiger partial charge in [-0.3, -0.25) is 0 Å². The Morgan fingerprint density at radius 1 is 1.60 bits per heavy atom. The molecule has 1 aromatic heterocycles. The van der Waals surface area contributed by atoms with Crippen LogP contribution in [0.3, 0.4) is 0 Å². The molecular weight excluding hydrogens is 146 g/mol. The van der Waals surface area contributed by atoms with E-state index < -0.39 is 0 Å². The minimum absolute atomic E-state index is 0.819. The van der Waals surface area contributed by atoms with Gasteiger partial charge in [-0.15, -0.1) is 0 Å². The lowest BCUT2D eigenvalue weighted by atomic mass is 10.5. The van der Waals surface area contributed by atoms with Crippen LogP contribution in [0, 0.1) is 6.92 Å². The SMILES string of the molecule is Cc1ccc(NCCS)o1. The van der Waals surface area contributed by atoms with Gasteiger partial charge >= 0.3 is 0 Å². The second kappa shape index (κ2) is 3.56. The molecule has 0 unspecified atom stereocenters. The van der Waals surface area contributed by atoms with Crippen LogP contribution in [0.25, 0.3) is 0 Å². The maximum Gasteiger partial charge on any atom is 0.193 e. The highest BCUT2D eigenvalue weighted by atomic mass is 32.1. The van der Waals surface area contributed by atoms with Crippen molar-refractivity contribution in [3.05, 3.63) is 17.9 Å². The molecule has 1 aromatic rings. The van der Waals surface area contributed by atoms with Gasteiger partial charge in [-0.2, -0.15) is 12.6 Å². The van der Waals surface area contributed by atoms with Crippen LogP contribution in [0.2, 0.25) is 0 Å². The minimum Gasteiger partial charge on any atom is -0.446 e. The molecule has 0 aliphatic rings. The summed E-state index contributed by atoms with van der Waals surface area (Å²) in [6.45, 7) is 2.77. The molecule has 1 heterocycles. The first kappa shape index (κ1) is 7.54. The minimum atomic E-state index is 0.819. The summed E-state index contributed by atoms with van der Waals surface area (Å²) in [5.41, 5.74) is 0. The maximum absolute atomic E-state index is 5.24. The Labute approximate surface area is 66.0 Å². The zero-order valence-corrected chi connectivity index (χ0v) is 6.82. The van der Waals surface area contributed by atoms with Crippen LogP contribution in [0.5, 0.6) is 0 Å². The molecule has 0 saturated carbocycles. The van der Waals surface area contributed by atoms with E-state index >= 15 is 0 Å². The number of hydrogen-bond acceptors (Lipinski definition) is 3. The molecule has 10 heavy (non-hydrogen) atoms. The van der Waals surface area contributed by atoms with Gasteiger partial charge in [0.05, 0.1) is 0 Å². The van der Waals surface area contributed by atoms with Crippen molar-refractivity contribution in [3.63, 3.8) is 0 Å². The Morgan fingerprint density at radius 2 is 2.40 bits per heavy atom. The second-order valence-electron chi connectivity index (χ2n) is 2.06. The molecule has 0 fully saturated rings. The number of hydrogen-bond donors (Lipinski definition) is 2. The molecule has 1 N–H and O–H groups in total. The molecular formula is C7H11NOS. The highest BCUT2D eigenvalue weighted by Crippen LogP contribution is 2.10. The summed E-state index contributed by atoms with van der Waals surface area (Å²) in [6.07, 6.45) is 0. The molecule has 0 aliphatic carbocycles. The highest BCUT2D eigenvalue weighted by Gasteiger charge is 1.93.